The Morgan fingerprint density at radius 3 is 2.74 bits per heavy atom. The number of aromatic nitrogens is 3. The zero-order chi connectivity index (χ0) is 18.8. The Morgan fingerprint density at radius 1 is 1.15 bits per heavy atom. The molecule has 0 unspecified atom stereocenters. The number of benzene rings is 2. The van der Waals surface area contributed by atoms with Crippen LogP contribution in [0.2, 0.25) is 0 Å². The van der Waals surface area contributed by atoms with Crippen LogP contribution in [-0.4, -0.2) is 20.3 Å². The number of hydrogen-bond acceptors (Lipinski definition) is 6. The highest BCUT2D eigenvalue weighted by Gasteiger charge is 2.10. The van der Waals surface area contributed by atoms with Crippen LogP contribution in [0.5, 0.6) is 5.75 Å². The third-order valence-corrected chi connectivity index (χ3v) is 5.17. The molecule has 2 aromatic heterocycles. The van der Waals surface area contributed by atoms with Crippen molar-refractivity contribution in [3.8, 4) is 17.1 Å². The number of H-pyrrole nitrogens is 1. The second-order valence-corrected chi connectivity index (χ2v) is 7.02. The van der Waals surface area contributed by atoms with Crippen LogP contribution in [0.15, 0.2) is 62.9 Å². The molecule has 0 bridgehead atoms. The molecule has 0 aliphatic rings. The Hall–Kier alpha value is -3.06. The summed E-state index contributed by atoms with van der Waals surface area (Å²) in [6.07, 6.45) is 0.995. The Kier molecular flexibility index (Phi) is 4.68. The predicted octanol–water partition coefficient (Wildman–Crippen LogP) is 4.14. The van der Waals surface area contributed by atoms with Crippen LogP contribution in [0.1, 0.15) is 18.1 Å². The number of phenolic OH excluding ortho intramolecular Hbond substituents is 1. The van der Waals surface area contributed by atoms with Crippen LogP contribution in [0.3, 0.4) is 0 Å². The molecule has 0 amide bonds. The van der Waals surface area contributed by atoms with Gasteiger partial charge in [0, 0.05) is 28.8 Å². The van der Waals surface area contributed by atoms with Crippen molar-refractivity contribution in [2.24, 2.45) is 0 Å². The number of aromatic hydroxyl groups is 1. The minimum atomic E-state index is -0.449. The molecule has 4 rings (SSSR count). The first-order chi connectivity index (χ1) is 13.1. The molecule has 0 aliphatic carbocycles. The summed E-state index contributed by atoms with van der Waals surface area (Å²) >= 11 is 1.43. The molecular formula is C20H17N3O3S. The first-order valence-corrected chi connectivity index (χ1v) is 9.51. The zero-order valence-corrected chi connectivity index (χ0v) is 15.4. The summed E-state index contributed by atoms with van der Waals surface area (Å²) in [5.74, 6) is 1.28. The highest BCUT2D eigenvalue weighted by atomic mass is 32.2. The maximum Gasteiger partial charge on any atom is 0.336 e. The lowest BCUT2D eigenvalue weighted by Gasteiger charge is -2.04. The van der Waals surface area contributed by atoms with Crippen LogP contribution in [0, 0.1) is 0 Å². The van der Waals surface area contributed by atoms with E-state index in [9.17, 15) is 9.90 Å². The number of thioether (sulfide) groups is 1. The van der Waals surface area contributed by atoms with Gasteiger partial charge in [-0.3, -0.25) is 5.10 Å². The summed E-state index contributed by atoms with van der Waals surface area (Å²) in [5.41, 5.74) is 2.98. The lowest BCUT2D eigenvalue weighted by Crippen LogP contribution is -1.99. The molecule has 4 aromatic rings. The van der Waals surface area contributed by atoms with Crippen molar-refractivity contribution < 1.29 is 9.52 Å². The van der Waals surface area contributed by atoms with Crippen molar-refractivity contribution in [1.29, 1.82) is 0 Å². The molecule has 0 spiro atoms. The van der Waals surface area contributed by atoms with Gasteiger partial charge >= 0.3 is 5.63 Å². The number of hydrogen-bond donors (Lipinski definition) is 2. The van der Waals surface area contributed by atoms with E-state index in [4.69, 9.17) is 4.42 Å². The fourth-order valence-corrected chi connectivity index (χ4v) is 3.61. The van der Waals surface area contributed by atoms with E-state index in [1.54, 1.807) is 12.1 Å². The lowest BCUT2D eigenvalue weighted by atomic mass is 10.1. The van der Waals surface area contributed by atoms with Crippen molar-refractivity contribution in [2.75, 3.05) is 0 Å². The molecule has 136 valence electrons. The molecule has 0 aliphatic heterocycles. The quantitative estimate of drug-likeness (QED) is 0.400. The van der Waals surface area contributed by atoms with Gasteiger partial charge in [-0.25, -0.2) is 9.78 Å². The lowest BCUT2D eigenvalue weighted by molar-refractivity contribution is 0.473. The predicted molar refractivity (Wildman–Crippen MR) is 105 cm³/mol. The summed E-state index contributed by atoms with van der Waals surface area (Å²) in [6, 6.07) is 14.4. The summed E-state index contributed by atoms with van der Waals surface area (Å²) in [6.45, 7) is 2.12. The molecule has 2 N–H and O–H groups in total. The molecule has 0 fully saturated rings. The molecule has 2 heterocycles. The van der Waals surface area contributed by atoms with E-state index in [1.807, 2.05) is 12.1 Å². The number of aryl methyl sites for hydroxylation is 1. The van der Waals surface area contributed by atoms with Gasteiger partial charge < -0.3 is 9.52 Å². The fourth-order valence-electron chi connectivity index (χ4n) is 2.82. The highest BCUT2D eigenvalue weighted by Crippen LogP contribution is 2.27. The van der Waals surface area contributed by atoms with Gasteiger partial charge in [-0.15, -0.1) is 5.10 Å². The van der Waals surface area contributed by atoms with Crippen LogP contribution >= 0.6 is 11.8 Å². The van der Waals surface area contributed by atoms with Crippen LogP contribution in [0.4, 0.5) is 0 Å². The molecule has 27 heavy (non-hydrogen) atoms. The summed E-state index contributed by atoms with van der Waals surface area (Å²) in [7, 11) is 0. The van der Waals surface area contributed by atoms with Crippen molar-refractivity contribution in [3.63, 3.8) is 0 Å². The van der Waals surface area contributed by atoms with Crippen LogP contribution < -0.4 is 5.63 Å². The minimum Gasteiger partial charge on any atom is -0.508 e. The van der Waals surface area contributed by atoms with E-state index in [1.165, 1.54) is 29.5 Å². The van der Waals surface area contributed by atoms with Crippen molar-refractivity contribution >= 4 is 22.7 Å². The highest BCUT2D eigenvalue weighted by molar-refractivity contribution is 7.98. The van der Waals surface area contributed by atoms with E-state index in [0.717, 1.165) is 22.9 Å². The number of aromatic amines is 1. The number of fused-ring (bicyclic) bond motifs is 1. The monoisotopic (exact) mass is 379 g/mol. The van der Waals surface area contributed by atoms with Crippen LogP contribution in [0.25, 0.3) is 22.4 Å². The molecular weight excluding hydrogens is 362 g/mol. The minimum absolute atomic E-state index is 0.0585. The second kappa shape index (κ2) is 7.28. The van der Waals surface area contributed by atoms with Crippen molar-refractivity contribution in [1.82, 2.24) is 15.2 Å². The molecule has 7 heteroatoms. The summed E-state index contributed by atoms with van der Waals surface area (Å²) in [4.78, 5) is 16.3. The second-order valence-electron chi connectivity index (χ2n) is 6.08. The van der Waals surface area contributed by atoms with Crippen LogP contribution in [-0.2, 0) is 12.2 Å². The first-order valence-electron chi connectivity index (χ1n) is 8.52. The van der Waals surface area contributed by atoms with Crippen molar-refractivity contribution in [3.05, 3.63) is 70.1 Å². The van der Waals surface area contributed by atoms with Gasteiger partial charge in [-0.2, -0.15) is 0 Å². The Bertz CT molecular complexity index is 1150. The third kappa shape index (κ3) is 3.73. The summed E-state index contributed by atoms with van der Waals surface area (Å²) < 4.78 is 5.15. The number of rotatable bonds is 5. The van der Waals surface area contributed by atoms with Gasteiger partial charge in [-0.05, 0) is 29.7 Å². The van der Waals surface area contributed by atoms with Gasteiger partial charge in [0.05, 0.1) is 0 Å². The molecule has 0 radical (unpaired) electrons. The first kappa shape index (κ1) is 17.4. The fraction of sp³-hybridized carbons (Fsp3) is 0.150. The van der Waals surface area contributed by atoms with Crippen molar-refractivity contribution in [2.45, 2.75) is 24.3 Å². The standard InChI is InChI=1S/C20H17N3O3S/c1-2-12-3-5-13(6-4-12)19-21-20(23-22-19)27-11-14-9-18(25)26-17-10-15(24)7-8-16(14)17/h3-10,24H,2,11H2,1H3,(H,21,22,23). The van der Waals surface area contributed by atoms with Gasteiger partial charge in [0.1, 0.15) is 11.3 Å². The average Bonchev–Trinajstić information content (AvgIpc) is 3.14. The van der Waals surface area contributed by atoms with Gasteiger partial charge in [0.2, 0.25) is 5.16 Å². The van der Waals surface area contributed by atoms with Gasteiger partial charge in [-0.1, -0.05) is 43.0 Å². The topological polar surface area (TPSA) is 92.0 Å². The molecule has 6 nitrogen and oxygen atoms in total. The van der Waals surface area contributed by atoms with E-state index < -0.39 is 5.63 Å². The van der Waals surface area contributed by atoms with E-state index in [0.29, 0.717) is 22.3 Å². The molecule has 0 atom stereocenters. The summed E-state index contributed by atoms with van der Waals surface area (Å²) in [5, 5.41) is 18.2. The zero-order valence-electron chi connectivity index (χ0n) is 14.6. The Morgan fingerprint density at radius 2 is 1.96 bits per heavy atom. The maximum absolute atomic E-state index is 11.8. The number of nitrogens with zero attached hydrogens (tertiary/aromatic N) is 2. The molecule has 0 saturated carbocycles. The number of phenols is 1. The number of nitrogens with one attached hydrogen (secondary N) is 1. The van der Waals surface area contributed by atoms with E-state index in [-0.39, 0.29) is 5.75 Å². The smallest absolute Gasteiger partial charge is 0.336 e. The van der Waals surface area contributed by atoms with E-state index in [2.05, 4.69) is 34.2 Å². The van der Waals surface area contributed by atoms with Gasteiger partial charge in [0.15, 0.2) is 5.82 Å². The average molecular weight is 379 g/mol. The maximum atomic E-state index is 11.8. The van der Waals surface area contributed by atoms with E-state index >= 15 is 0 Å². The largest absolute Gasteiger partial charge is 0.508 e. The Labute approximate surface area is 159 Å². The molecule has 2 aromatic carbocycles. The SMILES string of the molecule is CCc1ccc(-c2nc(SCc3cc(=O)oc4cc(O)ccc34)n[nH]2)cc1. The third-order valence-electron chi connectivity index (χ3n) is 4.27. The molecule has 0 saturated heterocycles. The van der Waals surface area contributed by atoms with Gasteiger partial charge in [0.25, 0.3) is 0 Å². The Balaban J connectivity index is 1.55. The normalized spacial score (nSPS) is 11.1.